The van der Waals surface area contributed by atoms with Crippen LogP contribution in [0.1, 0.15) is 46.2 Å². The molecule has 0 unspecified atom stereocenters. The number of carbonyl (C=O) groups is 3. The number of benzene rings is 2. The zero-order valence-electron chi connectivity index (χ0n) is 19.4. The lowest BCUT2D eigenvalue weighted by molar-refractivity contribution is -0.116. The van der Waals surface area contributed by atoms with Crippen LogP contribution in [0, 0.1) is 13.8 Å². The average molecular weight is 497 g/mol. The topological polar surface area (TPSA) is 136 Å². The van der Waals surface area contributed by atoms with E-state index >= 15 is 0 Å². The summed E-state index contributed by atoms with van der Waals surface area (Å²) in [6.07, 6.45) is 0.0822. The molecule has 1 aromatic heterocycles. The molecule has 0 spiro atoms. The molecular formula is C24H24N4O6S. The third-order valence-corrected chi connectivity index (χ3v) is 7.06. The minimum atomic E-state index is -4.01. The lowest BCUT2D eigenvalue weighted by atomic mass is 10.0. The smallest absolute Gasteiger partial charge is 0.338 e. The monoisotopic (exact) mass is 496 g/mol. The lowest BCUT2D eigenvalue weighted by Crippen LogP contribution is -2.15. The Hall–Kier alpha value is -3.99. The largest absolute Gasteiger partial charge is 0.462 e. The van der Waals surface area contributed by atoms with Crippen molar-refractivity contribution in [2.45, 2.75) is 38.5 Å². The fourth-order valence-electron chi connectivity index (χ4n) is 3.83. The van der Waals surface area contributed by atoms with E-state index in [-0.39, 0.29) is 47.7 Å². The Balaban J connectivity index is 1.70. The van der Waals surface area contributed by atoms with Gasteiger partial charge in [0.05, 0.1) is 22.8 Å². The second-order valence-electron chi connectivity index (χ2n) is 8.05. The Morgan fingerprint density at radius 3 is 2.51 bits per heavy atom. The number of nitrogens with zero attached hydrogens (tertiary/aromatic N) is 2. The van der Waals surface area contributed by atoms with Crippen molar-refractivity contribution in [1.29, 1.82) is 0 Å². The number of anilines is 2. The number of hydrogen-bond donors (Lipinski definition) is 2. The number of aromatic nitrogens is 2. The van der Waals surface area contributed by atoms with Crippen LogP contribution in [0.2, 0.25) is 0 Å². The van der Waals surface area contributed by atoms with Gasteiger partial charge in [-0.1, -0.05) is 12.1 Å². The lowest BCUT2D eigenvalue weighted by Gasteiger charge is -2.13. The number of rotatable bonds is 6. The summed E-state index contributed by atoms with van der Waals surface area (Å²) < 4.78 is 35.1. The number of carbonyl (C=O) groups excluding carboxylic acids is 3. The van der Waals surface area contributed by atoms with Crippen LogP contribution in [0.25, 0.3) is 11.1 Å². The normalized spacial score (nSPS) is 13.6. The minimum absolute atomic E-state index is 0.0232. The summed E-state index contributed by atoms with van der Waals surface area (Å²) in [4.78, 5) is 36.4. The van der Waals surface area contributed by atoms with Gasteiger partial charge in [-0.15, -0.1) is 0 Å². The maximum absolute atomic E-state index is 13.3. The van der Waals surface area contributed by atoms with E-state index in [1.165, 1.54) is 30.3 Å². The molecule has 0 aliphatic carbocycles. The van der Waals surface area contributed by atoms with Crippen LogP contribution < -0.4 is 10.0 Å². The fourth-order valence-corrected chi connectivity index (χ4v) is 5.16. The summed E-state index contributed by atoms with van der Waals surface area (Å²) in [6.45, 7) is 5.29. The maximum atomic E-state index is 13.3. The van der Waals surface area contributed by atoms with Gasteiger partial charge in [-0.2, -0.15) is 9.78 Å². The van der Waals surface area contributed by atoms with Gasteiger partial charge >= 0.3 is 5.97 Å². The van der Waals surface area contributed by atoms with Gasteiger partial charge in [-0.25, -0.2) is 13.2 Å². The molecule has 35 heavy (non-hydrogen) atoms. The number of ether oxygens (including phenoxy) is 1. The average Bonchev–Trinajstić information content (AvgIpc) is 3.06. The molecule has 2 N–H and O–H groups in total. The third kappa shape index (κ3) is 4.80. The number of esters is 1. The maximum Gasteiger partial charge on any atom is 0.338 e. The van der Waals surface area contributed by atoms with E-state index in [0.717, 1.165) is 4.68 Å². The third-order valence-electron chi connectivity index (χ3n) is 5.53. The summed E-state index contributed by atoms with van der Waals surface area (Å²) in [6, 6.07) is 10.8. The molecule has 0 saturated heterocycles. The van der Waals surface area contributed by atoms with Gasteiger partial charge in [0.15, 0.2) is 0 Å². The molecule has 182 valence electrons. The van der Waals surface area contributed by atoms with Crippen LogP contribution in [-0.4, -0.2) is 42.6 Å². The second kappa shape index (κ2) is 9.34. The van der Waals surface area contributed by atoms with Crippen molar-refractivity contribution in [3.05, 3.63) is 59.3 Å². The molecule has 11 heteroatoms. The molecule has 0 radical (unpaired) electrons. The molecule has 0 fully saturated rings. The molecule has 2 aromatic carbocycles. The van der Waals surface area contributed by atoms with E-state index in [4.69, 9.17) is 4.74 Å². The van der Waals surface area contributed by atoms with Crippen molar-refractivity contribution < 1.29 is 27.5 Å². The Kier molecular flexibility index (Phi) is 6.44. The van der Waals surface area contributed by atoms with Crippen LogP contribution in [0.15, 0.2) is 47.4 Å². The van der Waals surface area contributed by atoms with Crippen LogP contribution in [-0.2, 0) is 19.6 Å². The highest BCUT2D eigenvalue weighted by Gasteiger charge is 2.27. The first kappa shape index (κ1) is 24.1. The first-order valence-electron chi connectivity index (χ1n) is 10.9. The predicted octanol–water partition coefficient (Wildman–Crippen LogP) is 3.52. The molecule has 10 nitrogen and oxygen atoms in total. The zero-order chi connectivity index (χ0) is 25.3. The summed E-state index contributed by atoms with van der Waals surface area (Å²) in [5.74, 6) is -0.900. The number of sulfonamides is 1. The first-order chi connectivity index (χ1) is 16.6. The summed E-state index contributed by atoms with van der Waals surface area (Å²) in [5, 5.41) is 6.98. The Labute approximate surface area is 202 Å². The van der Waals surface area contributed by atoms with Crippen LogP contribution >= 0.6 is 0 Å². The molecule has 1 aliphatic rings. The van der Waals surface area contributed by atoms with E-state index in [0.29, 0.717) is 27.9 Å². The van der Waals surface area contributed by atoms with E-state index in [1.807, 2.05) is 0 Å². The predicted molar refractivity (Wildman–Crippen MR) is 129 cm³/mol. The van der Waals surface area contributed by atoms with Gasteiger partial charge in [-0.3, -0.25) is 14.3 Å². The number of fused-ring (bicyclic) bond motifs is 1. The molecule has 0 atom stereocenters. The van der Waals surface area contributed by atoms with E-state index < -0.39 is 16.0 Å². The molecule has 1 aliphatic heterocycles. The molecule has 2 heterocycles. The van der Waals surface area contributed by atoms with E-state index in [2.05, 4.69) is 15.1 Å². The van der Waals surface area contributed by atoms with E-state index in [9.17, 15) is 22.8 Å². The van der Waals surface area contributed by atoms with Gasteiger partial charge < -0.3 is 10.1 Å². The highest BCUT2D eigenvalue weighted by molar-refractivity contribution is 7.92. The highest BCUT2D eigenvalue weighted by Crippen LogP contribution is 2.35. The number of nitrogens with one attached hydrogen (secondary N) is 2. The molecular weight excluding hydrogens is 472 g/mol. The first-order valence-corrected chi connectivity index (χ1v) is 12.4. The molecule has 3 aromatic rings. The zero-order valence-corrected chi connectivity index (χ0v) is 20.2. The minimum Gasteiger partial charge on any atom is -0.462 e. The Bertz CT molecular complexity index is 1440. The van der Waals surface area contributed by atoms with Gasteiger partial charge in [0.25, 0.3) is 10.0 Å². The van der Waals surface area contributed by atoms with Crippen LogP contribution in [0.3, 0.4) is 0 Å². The number of aryl methyl sites for hydroxylation is 2. The van der Waals surface area contributed by atoms with Gasteiger partial charge in [0, 0.05) is 24.1 Å². The molecule has 4 rings (SSSR count). The molecule has 0 bridgehead atoms. The van der Waals surface area contributed by atoms with Crippen molar-refractivity contribution >= 4 is 39.3 Å². The van der Waals surface area contributed by atoms with Crippen LogP contribution in [0.5, 0.6) is 0 Å². The van der Waals surface area contributed by atoms with Gasteiger partial charge in [0.2, 0.25) is 11.8 Å². The van der Waals surface area contributed by atoms with Crippen LogP contribution in [0.4, 0.5) is 11.5 Å². The molecule has 0 saturated carbocycles. The Morgan fingerprint density at radius 2 is 1.83 bits per heavy atom. The quantitative estimate of drug-likeness (QED) is 0.498. The fraction of sp³-hybridized carbons (Fsp3) is 0.250. The Morgan fingerprint density at radius 1 is 1.11 bits per heavy atom. The molecule has 1 amide bonds. The second-order valence-corrected chi connectivity index (χ2v) is 9.70. The highest BCUT2D eigenvalue weighted by atomic mass is 32.2. The summed E-state index contributed by atoms with van der Waals surface area (Å²) >= 11 is 0. The number of hydrogen-bond acceptors (Lipinski definition) is 7. The van der Waals surface area contributed by atoms with Crippen molar-refractivity contribution in [3.63, 3.8) is 0 Å². The summed E-state index contributed by atoms with van der Waals surface area (Å²) in [7, 11) is -4.01. The van der Waals surface area contributed by atoms with Crippen molar-refractivity contribution in [2.24, 2.45) is 0 Å². The van der Waals surface area contributed by atoms with Crippen molar-refractivity contribution in [2.75, 3.05) is 16.6 Å². The number of amides is 1. The SMILES string of the molecule is CCOC(=O)c1ccc(NS(=O)(=O)c2cc(-c3c(C)nn4c3NC(=O)CCC4=O)ccc2C)cc1. The van der Waals surface area contributed by atoms with Gasteiger partial charge in [0.1, 0.15) is 5.82 Å². The van der Waals surface area contributed by atoms with E-state index in [1.54, 1.807) is 32.9 Å². The van der Waals surface area contributed by atoms with Gasteiger partial charge in [-0.05, 0) is 62.2 Å². The standard InChI is InChI=1S/C24H24N4O6S/c1-4-34-24(31)16-7-9-18(10-8-16)27-35(32,33)19-13-17(6-5-14(19)2)22-15(3)26-28-21(30)12-11-20(29)25-23(22)28/h5-10,13,27H,4,11-12H2,1-3H3,(H,25,29). The van der Waals surface area contributed by atoms with Crippen molar-refractivity contribution in [3.8, 4) is 11.1 Å². The van der Waals surface area contributed by atoms with Crippen molar-refractivity contribution in [1.82, 2.24) is 9.78 Å². The summed E-state index contributed by atoms with van der Waals surface area (Å²) in [5.41, 5.74) is 2.52.